The molecule has 124 valence electrons. The standard InChI is InChI=1S/C18H20N4O2/c1-4-12-7-5-6-10(2)13(12)9-19-17-16-14(20-11(3)21-16)8-15(22-17)18(23)24/h5-8H,4,9H2,1-3H3,(H,19,22)(H,20,21)(H,23,24). The number of benzene rings is 1. The van der Waals surface area contributed by atoms with E-state index in [4.69, 9.17) is 0 Å². The third kappa shape index (κ3) is 2.95. The molecule has 3 rings (SSSR count). The van der Waals surface area contributed by atoms with Gasteiger partial charge >= 0.3 is 5.97 Å². The number of imidazole rings is 1. The van der Waals surface area contributed by atoms with Crippen LogP contribution in [0.3, 0.4) is 0 Å². The van der Waals surface area contributed by atoms with Crippen LogP contribution in [0.4, 0.5) is 5.82 Å². The van der Waals surface area contributed by atoms with E-state index >= 15 is 0 Å². The van der Waals surface area contributed by atoms with Crippen molar-refractivity contribution in [1.29, 1.82) is 0 Å². The van der Waals surface area contributed by atoms with Crippen molar-refractivity contribution < 1.29 is 9.90 Å². The molecule has 0 fully saturated rings. The van der Waals surface area contributed by atoms with Gasteiger partial charge in [0.1, 0.15) is 11.3 Å². The first kappa shape index (κ1) is 16.0. The number of aromatic nitrogens is 3. The van der Waals surface area contributed by atoms with E-state index in [1.165, 1.54) is 22.8 Å². The molecule has 2 heterocycles. The predicted octanol–water partition coefficient (Wildman–Crippen LogP) is 3.45. The number of hydrogen-bond donors (Lipinski definition) is 3. The Morgan fingerprint density at radius 3 is 2.79 bits per heavy atom. The predicted molar refractivity (Wildman–Crippen MR) is 93.5 cm³/mol. The number of pyridine rings is 1. The van der Waals surface area contributed by atoms with Gasteiger partial charge in [0.25, 0.3) is 0 Å². The van der Waals surface area contributed by atoms with E-state index < -0.39 is 5.97 Å². The Labute approximate surface area is 140 Å². The average Bonchev–Trinajstić information content (AvgIpc) is 2.93. The molecule has 0 spiro atoms. The molecular weight excluding hydrogens is 304 g/mol. The van der Waals surface area contributed by atoms with Crippen LogP contribution in [0.5, 0.6) is 0 Å². The third-order valence-corrected chi connectivity index (χ3v) is 4.13. The zero-order valence-corrected chi connectivity index (χ0v) is 14.0. The summed E-state index contributed by atoms with van der Waals surface area (Å²) in [7, 11) is 0. The quantitative estimate of drug-likeness (QED) is 0.668. The van der Waals surface area contributed by atoms with Crippen LogP contribution in [0.2, 0.25) is 0 Å². The number of H-pyrrole nitrogens is 1. The number of nitrogens with one attached hydrogen (secondary N) is 2. The molecule has 0 unspecified atom stereocenters. The first-order valence-corrected chi connectivity index (χ1v) is 7.91. The molecule has 0 amide bonds. The molecule has 24 heavy (non-hydrogen) atoms. The van der Waals surface area contributed by atoms with E-state index in [-0.39, 0.29) is 5.69 Å². The van der Waals surface area contributed by atoms with E-state index in [1.54, 1.807) is 0 Å². The van der Waals surface area contributed by atoms with E-state index in [0.29, 0.717) is 23.4 Å². The maximum Gasteiger partial charge on any atom is 0.354 e. The molecule has 0 atom stereocenters. The number of aromatic carboxylic acids is 1. The summed E-state index contributed by atoms with van der Waals surface area (Å²) in [6.07, 6.45) is 0.943. The van der Waals surface area contributed by atoms with Gasteiger partial charge in [-0.2, -0.15) is 0 Å². The van der Waals surface area contributed by atoms with Crippen LogP contribution in [-0.4, -0.2) is 26.0 Å². The smallest absolute Gasteiger partial charge is 0.354 e. The SMILES string of the molecule is CCc1cccc(C)c1CNc1nc(C(=O)O)cc2[nH]c(C)nc12. The number of carboxylic acid groups (broad SMARTS) is 1. The molecule has 0 radical (unpaired) electrons. The summed E-state index contributed by atoms with van der Waals surface area (Å²) in [5, 5.41) is 12.5. The van der Waals surface area contributed by atoms with Crippen LogP contribution >= 0.6 is 0 Å². The topological polar surface area (TPSA) is 90.9 Å². The van der Waals surface area contributed by atoms with Crippen molar-refractivity contribution in [3.8, 4) is 0 Å². The lowest BCUT2D eigenvalue weighted by Gasteiger charge is -2.13. The lowest BCUT2D eigenvalue weighted by molar-refractivity contribution is 0.0691. The van der Waals surface area contributed by atoms with Crippen LogP contribution in [0.15, 0.2) is 24.3 Å². The van der Waals surface area contributed by atoms with Gasteiger partial charge in [-0.05, 0) is 43.0 Å². The Bertz CT molecular complexity index is 915. The number of hydrogen-bond acceptors (Lipinski definition) is 4. The Balaban J connectivity index is 2.00. The Kier molecular flexibility index (Phi) is 4.20. The highest BCUT2D eigenvalue weighted by Crippen LogP contribution is 2.23. The average molecular weight is 324 g/mol. The van der Waals surface area contributed by atoms with Crippen molar-refractivity contribution in [3.63, 3.8) is 0 Å². The summed E-state index contributed by atoms with van der Waals surface area (Å²) >= 11 is 0. The molecule has 2 aromatic heterocycles. The van der Waals surface area contributed by atoms with E-state index in [1.807, 2.05) is 6.92 Å². The number of aryl methyl sites for hydroxylation is 3. The number of nitrogens with zero attached hydrogens (tertiary/aromatic N) is 2. The molecule has 0 aliphatic rings. The van der Waals surface area contributed by atoms with Gasteiger partial charge in [0.15, 0.2) is 11.5 Å². The van der Waals surface area contributed by atoms with Crippen LogP contribution in [0, 0.1) is 13.8 Å². The summed E-state index contributed by atoms with van der Waals surface area (Å²) in [6.45, 7) is 6.61. The van der Waals surface area contributed by atoms with Crippen molar-refractivity contribution in [3.05, 3.63) is 52.5 Å². The van der Waals surface area contributed by atoms with Crippen LogP contribution < -0.4 is 5.32 Å². The number of rotatable bonds is 5. The normalized spacial score (nSPS) is 11.0. The molecule has 0 aliphatic heterocycles. The summed E-state index contributed by atoms with van der Waals surface area (Å²) in [4.78, 5) is 23.0. The zero-order valence-electron chi connectivity index (χ0n) is 14.0. The second kappa shape index (κ2) is 6.31. The summed E-state index contributed by atoms with van der Waals surface area (Å²) in [6, 6.07) is 7.75. The zero-order chi connectivity index (χ0) is 17.3. The highest BCUT2D eigenvalue weighted by Gasteiger charge is 2.14. The number of aromatic amines is 1. The van der Waals surface area contributed by atoms with Crippen LogP contribution in [-0.2, 0) is 13.0 Å². The maximum absolute atomic E-state index is 11.3. The largest absolute Gasteiger partial charge is 0.477 e. The fraction of sp³-hybridized carbons (Fsp3) is 0.278. The highest BCUT2D eigenvalue weighted by atomic mass is 16.4. The van der Waals surface area contributed by atoms with Gasteiger partial charge in [-0.15, -0.1) is 0 Å². The van der Waals surface area contributed by atoms with Gasteiger partial charge in [0.2, 0.25) is 0 Å². The lowest BCUT2D eigenvalue weighted by atomic mass is 10.00. The molecule has 0 saturated heterocycles. The van der Waals surface area contributed by atoms with Gasteiger partial charge in [-0.1, -0.05) is 25.1 Å². The minimum Gasteiger partial charge on any atom is -0.477 e. The number of anilines is 1. The molecule has 0 bridgehead atoms. The van der Waals surface area contributed by atoms with Crippen molar-refractivity contribution in [1.82, 2.24) is 15.0 Å². The van der Waals surface area contributed by atoms with Crippen molar-refractivity contribution in [2.24, 2.45) is 0 Å². The first-order valence-electron chi connectivity index (χ1n) is 7.91. The van der Waals surface area contributed by atoms with Gasteiger partial charge in [0.05, 0.1) is 5.52 Å². The Morgan fingerprint density at radius 1 is 1.29 bits per heavy atom. The van der Waals surface area contributed by atoms with Crippen molar-refractivity contribution >= 4 is 22.8 Å². The van der Waals surface area contributed by atoms with Gasteiger partial charge in [0, 0.05) is 6.54 Å². The molecule has 3 N–H and O–H groups in total. The molecule has 6 heteroatoms. The second-order valence-electron chi connectivity index (χ2n) is 5.80. The Morgan fingerprint density at radius 2 is 2.08 bits per heavy atom. The lowest BCUT2D eigenvalue weighted by Crippen LogP contribution is -2.09. The molecule has 3 aromatic rings. The minimum absolute atomic E-state index is 0.00542. The van der Waals surface area contributed by atoms with Gasteiger partial charge in [-0.25, -0.2) is 14.8 Å². The van der Waals surface area contributed by atoms with Crippen molar-refractivity contribution in [2.75, 3.05) is 5.32 Å². The van der Waals surface area contributed by atoms with E-state index in [0.717, 1.165) is 12.2 Å². The van der Waals surface area contributed by atoms with Gasteiger partial charge in [-0.3, -0.25) is 0 Å². The highest BCUT2D eigenvalue weighted by molar-refractivity contribution is 5.94. The fourth-order valence-electron chi connectivity index (χ4n) is 2.89. The molecule has 6 nitrogen and oxygen atoms in total. The van der Waals surface area contributed by atoms with Crippen molar-refractivity contribution in [2.45, 2.75) is 33.7 Å². The second-order valence-corrected chi connectivity index (χ2v) is 5.80. The maximum atomic E-state index is 11.3. The summed E-state index contributed by atoms with van der Waals surface area (Å²) in [5.41, 5.74) is 5.00. The number of carboxylic acids is 1. The number of carbonyl (C=O) groups is 1. The Hall–Kier alpha value is -2.89. The fourth-order valence-corrected chi connectivity index (χ4v) is 2.89. The van der Waals surface area contributed by atoms with Gasteiger partial charge < -0.3 is 15.4 Å². The molecular formula is C18H20N4O2. The molecule has 0 aliphatic carbocycles. The summed E-state index contributed by atoms with van der Waals surface area (Å²) in [5.74, 6) is 0.152. The first-order chi connectivity index (χ1) is 11.5. The number of fused-ring (bicyclic) bond motifs is 1. The minimum atomic E-state index is -1.06. The van der Waals surface area contributed by atoms with Crippen LogP contribution in [0.25, 0.3) is 11.0 Å². The van der Waals surface area contributed by atoms with E-state index in [9.17, 15) is 9.90 Å². The van der Waals surface area contributed by atoms with E-state index in [2.05, 4.69) is 52.3 Å². The van der Waals surface area contributed by atoms with Crippen LogP contribution in [0.1, 0.15) is 39.9 Å². The summed E-state index contributed by atoms with van der Waals surface area (Å²) < 4.78 is 0. The molecule has 0 saturated carbocycles. The molecule has 1 aromatic carbocycles. The monoisotopic (exact) mass is 324 g/mol. The third-order valence-electron chi connectivity index (χ3n) is 4.13.